The fourth-order valence-electron chi connectivity index (χ4n) is 1.97. The summed E-state index contributed by atoms with van der Waals surface area (Å²) < 4.78 is 2.33. The van der Waals surface area contributed by atoms with Gasteiger partial charge in [-0.05, 0) is 25.0 Å². The first-order chi connectivity index (χ1) is 8.88. The van der Waals surface area contributed by atoms with Gasteiger partial charge in [0.1, 0.15) is 12.4 Å². The summed E-state index contributed by atoms with van der Waals surface area (Å²) >= 11 is 1.99. The fraction of sp³-hybridized carbons (Fsp3) is 0.714. The lowest BCUT2D eigenvalue weighted by Gasteiger charge is -2.01. The second-order valence-corrected chi connectivity index (χ2v) is 5.76. The molecule has 0 atom stereocenters. The number of hydrogen-bond donors (Lipinski definition) is 1. The molecule has 1 heterocycles. The van der Waals surface area contributed by atoms with Crippen LogP contribution in [0.25, 0.3) is 0 Å². The van der Waals surface area contributed by atoms with Gasteiger partial charge in [-0.25, -0.2) is 9.55 Å². The molecule has 0 unspecified atom stereocenters. The monoisotopic (exact) mass is 266 g/mol. The maximum absolute atomic E-state index is 8.45. The van der Waals surface area contributed by atoms with Crippen molar-refractivity contribution < 1.29 is 4.57 Å². The number of nitrogens with zero attached hydrogens (tertiary/aromatic N) is 2. The molecule has 0 saturated heterocycles. The Labute approximate surface area is 115 Å². The van der Waals surface area contributed by atoms with E-state index in [0.29, 0.717) is 6.42 Å². The van der Waals surface area contributed by atoms with Crippen LogP contribution in [0.2, 0.25) is 0 Å². The van der Waals surface area contributed by atoms with Gasteiger partial charge in [0, 0.05) is 12.2 Å². The van der Waals surface area contributed by atoms with Gasteiger partial charge in [0.2, 0.25) is 0 Å². The summed E-state index contributed by atoms with van der Waals surface area (Å²) in [6, 6.07) is 2.20. The molecule has 1 rings (SSSR count). The van der Waals surface area contributed by atoms with Gasteiger partial charge in [-0.1, -0.05) is 13.3 Å². The number of thioether (sulfide) groups is 1. The van der Waals surface area contributed by atoms with Crippen molar-refractivity contribution >= 4 is 11.8 Å². The number of H-pyrrole nitrogens is 1. The minimum Gasteiger partial charge on any atom is -0.248 e. The molecule has 0 bridgehead atoms. The van der Waals surface area contributed by atoms with Crippen molar-refractivity contribution in [2.75, 3.05) is 11.5 Å². The topological polar surface area (TPSA) is 43.5 Å². The molecule has 0 aliphatic rings. The second kappa shape index (κ2) is 10.0. The van der Waals surface area contributed by atoms with Gasteiger partial charge in [-0.15, -0.1) is 0 Å². The van der Waals surface area contributed by atoms with Crippen LogP contribution in [-0.2, 0) is 13.0 Å². The SMILES string of the molecule is CCSCCc1[nH]cc[n+]1CCCCCCC#N. The molecule has 100 valence electrons. The zero-order valence-electron chi connectivity index (χ0n) is 11.3. The van der Waals surface area contributed by atoms with Crippen molar-refractivity contribution in [2.45, 2.75) is 52.0 Å². The highest BCUT2D eigenvalue weighted by molar-refractivity contribution is 7.99. The van der Waals surface area contributed by atoms with Crippen molar-refractivity contribution in [3.8, 4) is 6.07 Å². The zero-order chi connectivity index (χ0) is 13.1. The van der Waals surface area contributed by atoms with Crippen LogP contribution >= 0.6 is 11.8 Å². The van der Waals surface area contributed by atoms with Gasteiger partial charge < -0.3 is 0 Å². The smallest absolute Gasteiger partial charge is 0.248 e. The Morgan fingerprint density at radius 3 is 2.94 bits per heavy atom. The molecule has 0 aliphatic heterocycles. The third-order valence-electron chi connectivity index (χ3n) is 2.98. The first kappa shape index (κ1) is 15.1. The number of aryl methyl sites for hydroxylation is 2. The molecule has 0 saturated carbocycles. The highest BCUT2D eigenvalue weighted by atomic mass is 32.2. The van der Waals surface area contributed by atoms with Crippen LogP contribution in [0.3, 0.4) is 0 Å². The number of imidazole rings is 1. The Kier molecular flexibility index (Phi) is 8.41. The van der Waals surface area contributed by atoms with Crippen LogP contribution in [0, 0.1) is 11.3 Å². The quantitative estimate of drug-likeness (QED) is 0.522. The molecule has 0 radical (unpaired) electrons. The standard InChI is InChI=1S/C14H23N3S/c1-2-18-13-8-14-16-10-12-17(14)11-7-5-3-4-6-9-15/h10,12H,2-8,11,13H2,1H3/p+1. The van der Waals surface area contributed by atoms with Gasteiger partial charge in [0.15, 0.2) is 0 Å². The minimum atomic E-state index is 0.705. The summed E-state index contributed by atoms with van der Waals surface area (Å²) in [5, 5.41) is 8.45. The van der Waals surface area contributed by atoms with E-state index in [1.54, 1.807) is 0 Å². The zero-order valence-corrected chi connectivity index (χ0v) is 12.1. The third-order valence-corrected chi connectivity index (χ3v) is 3.88. The van der Waals surface area contributed by atoms with E-state index in [-0.39, 0.29) is 0 Å². The molecule has 3 nitrogen and oxygen atoms in total. The van der Waals surface area contributed by atoms with E-state index < -0.39 is 0 Å². The lowest BCUT2D eigenvalue weighted by molar-refractivity contribution is -0.703. The molecule has 18 heavy (non-hydrogen) atoms. The summed E-state index contributed by atoms with van der Waals surface area (Å²) in [6.07, 6.45) is 10.7. The summed E-state index contributed by atoms with van der Waals surface area (Å²) in [5.41, 5.74) is 0. The molecule has 0 aromatic carbocycles. The van der Waals surface area contributed by atoms with Crippen molar-refractivity contribution in [3.05, 3.63) is 18.2 Å². The van der Waals surface area contributed by atoms with Gasteiger partial charge >= 0.3 is 0 Å². The molecule has 1 aromatic heterocycles. The normalized spacial score (nSPS) is 10.4. The highest BCUT2D eigenvalue weighted by Gasteiger charge is 2.09. The first-order valence-corrected chi connectivity index (χ1v) is 8.04. The Morgan fingerprint density at radius 2 is 2.17 bits per heavy atom. The largest absolute Gasteiger partial charge is 0.255 e. The van der Waals surface area contributed by atoms with E-state index in [2.05, 4.69) is 28.7 Å². The number of hydrogen-bond acceptors (Lipinski definition) is 2. The molecule has 0 spiro atoms. The van der Waals surface area contributed by atoms with Crippen LogP contribution in [0.4, 0.5) is 0 Å². The summed E-state index contributed by atoms with van der Waals surface area (Å²) in [7, 11) is 0. The lowest BCUT2D eigenvalue weighted by Crippen LogP contribution is -2.36. The third kappa shape index (κ3) is 6.11. The van der Waals surface area contributed by atoms with Crippen LogP contribution < -0.4 is 4.57 Å². The van der Waals surface area contributed by atoms with Gasteiger partial charge in [0.05, 0.1) is 19.0 Å². The molecule has 0 aliphatic carbocycles. The number of unbranched alkanes of at least 4 members (excludes halogenated alkanes) is 4. The highest BCUT2D eigenvalue weighted by Crippen LogP contribution is 2.04. The van der Waals surface area contributed by atoms with Crippen LogP contribution in [-0.4, -0.2) is 16.5 Å². The molecule has 1 aromatic rings. The molecule has 4 heteroatoms. The Hall–Kier alpha value is -0.950. The summed E-state index contributed by atoms with van der Waals surface area (Å²) in [4.78, 5) is 3.33. The lowest BCUT2D eigenvalue weighted by atomic mass is 10.1. The Balaban J connectivity index is 2.17. The maximum Gasteiger partial charge on any atom is 0.255 e. The average Bonchev–Trinajstić information content (AvgIpc) is 2.82. The predicted octanol–water partition coefficient (Wildman–Crippen LogP) is 3.07. The van der Waals surface area contributed by atoms with Crippen LogP contribution in [0.1, 0.15) is 44.9 Å². The molecule has 0 amide bonds. The average molecular weight is 266 g/mol. The predicted molar refractivity (Wildman–Crippen MR) is 76.4 cm³/mol. The molecular weight excluding hydrogens is 242 g/mol. The van der Waals surface area contributed by atoms with Gasteiger partial charge in [-0.2, -0.15) is 17.0 Å². The summed E-state index contributed by atoms with van der Waals surface area (Å²) in [6.45, 7) is 3.30. The molecular formula is C14H24N3S+. The summed E-state index contributed by atoms with van der Waals surface area (Å²) in [5.74, 6) is 3.73. The number of nitrogens with one attached hydrogen (secondary N) is 1. The minimum absolute atomic E-state index is 0.705. The Bertz CT molecular complexity index is 354. The van der Waals surface area contributed by atoms with E-state index in [4.69, 9.17) is 5.26 Å². The van der Waals surface area contributed by atoms with Crippen molar-refractivity contribution in [2.24, 2.45) is 0 Å². The Morgan fingerprint density at radius 1 is 1.33 bits per heavy atom. The van der Waals surface area contributed by atoms with Crippen molar-refractivity contribution in [1.82, 2.24) is 4.98 Å². The van der Waals surface area contributed by atoms with E-state index in [0.717, 1.165) is 19.4 Å². The van der Waals surface area contributed by atoms with E-state index in [1.165, 1.54) is 36.6 Å². The van der Waals surface area contributed by atoms with Crippen LogP contribution in [0.5, 0.6) is 0 Å². The number of aromatic amines is 1. The van der Waals surface area contributed by atoms with Crippen LogP contribution in [0.15, 0.2) is 12.4 Å². The fourth-order valence-corrected chi connectivity index (χ4v) is 2.60. The van der Waals surface area contributed by atoms with Crippen molar-refractivity contribution in [1.29, 1.82) is 5.26 Å². The van der Waals surface area contributed by atoms with Gasteiger partial charge in [0.25, 0.3) is 5.82 Å². The van der Waals surface area contributed by atoms with E-state index >= 15 is 0 Å². The maximum atomic E-state index is 8.45. The number of nitriles is 1. The number of aromatic nitrogens is 2. The van der Waals surface area contributed by atoms with Crippen molar-refractivity contribution in [3.63, 3.8) is 0 Å². The van der Waals surface area contributed by atoms with E-state index in [1.807, 2.05) is 18.0 Å². The van der Waals surface area contributed by atoms with E-state index in [9.17, 15) is 0 Å². The van der Waals surface area contributed by atoms with Gasteiger partial charge in [-0.3, -0.25) is 0 Å². The first-order valence-electron chi connectivity index (χ1n) is 6.89. The number of rotatable bonds is 10. The second-order valence-electron chi connectivity index (χ2n) is 4.37. The molecule has 0 fully saturated rings. The molecule has 1 N–H and O–H groups in total.